The van der Waals surface area contributed by atoms with Gasteiger partial charge < -0.3 is 14.4 Å². The quantitative estimate of drug-likeness (QED) is 0.694. The number of nitrogens with zero attached hydrogens (tertiary/aromatic N) is 5. The Morgan fingerprint density at radius 1 is 1.22 bits per heavy atom. The van der Waals surface area contributed by atoms with Crippen LogP contribution in [0.15, 0.2) is 42.7 Å². The highest BCUT2D eigenvalue weighted by molar-refractivity contribution is 5.48. The van der Waals surface area contributed by atoms with Crippen molar-refractivity contribution >= 4 is 11.6 Å². The number of alkyl halides is 3. The van der Waals surface area contributed by atoms with Gasteiger partial charge in [-0.1, -0.05) is 18.2 Å². The Bertz CT molecular complexity index is 916. The molecule has 0 radical (unpaired) electrons. The Hall–Kier alpha value is -2.88. The second-order valence-corrected chi connectivity index (χ2v) is 6.03. The van der Waals surface area contributed by atoms with Crippen molar-refractivity contribution in [2.75, 3.05) is 31.2 Å². The van der Waals surface area contributed by atoms with E-state index in [0.29, 0.717) is 25.4 Å². The summed E-state index contributed by atoms with van der Waals surface area (Å²) in [5, 5.41) is 4.00. The normalized spacial score (nSPS) is 18.0. The lowest BCUT2D eigenvalue weighted by Gasteiger charge is -2.34. The van der Waals surface area contributed by atoms with E-state index in [4.69, 9.17) is 9.47 Å². The van der Waals surface area contributed by atoms with Crippen LogP contribution in [0.25, 0.3) is 5.78 Å². The molecule has 142 valence electrons. The highest BCUT2D eigenvalue weighted by Crippen LogP contribution is 2.31. The van der Waals surface area contributed by atoms with Crippen molar-refractivity contribution < 1.29 is 22.6 Å². The maximum atomic E-state index is 13.2. The molecule has 2 aromatic heterocycles. The molecule has 27 heavy (non-hydrogen) atoms. The first-order chi connectivity index (χ1) is 13.0. The molecule has 0 aliphatic carbocycles. The molecule has 1 aliphatic rings. The molecule has 1 fully saturated rings. The summed E-state index contributed by atoms with van der Waals surface area (Å²) >= 11 is 0. The first-order valence-electron chi connectivity index (χ1n) is 8.33. The van der Waals surface area contributed by atoms with E-state index in [1.165, 1.54) is 10.8 Å². The molecule has 3 heterocycles. The Kier molecular flexibility index (Phi) is 4.56. The van der Waals surface area contributed by atoms with Crippen molar-refractivity contribution in [2.45, 2.75) is 12.3 Å². The van der Waals surface area contributed by atoms with E-state index < -0.39 is 11.9 Å². The van der Waals surface area contributed by atoms with Crippen molar-refractivity contribution in [3.63, 3.8) is 0 Å². The molecule has 1 aromatic carbocycles. The number of ether oxygens (including phenoxy) is 2. The number of hydrogen-bond acceptors (Lipinski definition) is 6. The predicted octanol–water partition coefficient (Wildman–Crippen LogP) is 2.43. The minimum absolute atomic E-state index is 0.0941. The molecule has 1 unspecified atom stereocenters. The zero-order valence-electron chi connectivity index (χ0n) is 14.1. The van der Waals surface area contributed by atoms with Gasteiger partial charge in [-0.05, 0) is 12.1 Å². The Morgan fingerprint density at radius 2 is 2.04 bits per heavy atom. The second-order valence-electron chi connectivity index (χ2n) is 6.03. The number of aromatic nitrogens is 4. The number of para-hydroxylation sites is 1. The molecular weight excluding hydrogens is 363 g/mol. The summed E-state index contributed by atoms with van der Waals surface area (Å²) < 4.78 is 52.2. The molecule has 1 saturated heterocycles. The van der Waals surface area contributed by atoms with Gasteiger partial charge >= 0.3 is 6.18 Å². The van der Waals surface area contributed by atoms with Gasteiger partial charge in [0.25, 0.3) is 5.78 Å². The van der Waals surface area contributed by atoms with Gasteiger partial charge in [-0.25, -0.2) is 4.98 Å². The number of morpholine rings is 1. The van der Waals surface area contributed by atoms with Crippen LogP contribution >= 0.6 is 0 Å². The SMILES string of the molecule is FC(F)(F)c1cc(N2CCOC(COc3ccccc3)C2)n2ncnc2n1. The van der Waals surface area contributed by atoms with Crippen LogP contribution in [0.5, 0.6) is 5.75 Å². The van der Waals surface area contributed by atoms with Crippen LogP contribution < -0.4 is 9.64 Å². The molecule has 7 nitrogen and oxygen atoms in total. The summed E-state index contributed by atoms with van der Waals surface area (Å²) in [6, 6.07) is 10.3. The van der Waals surface area contributed by atoms with Gasteiger partial charge in [-0.3, -0.25) is 0 Å². The molecule has 4 rings (SSSR count). The molecule has 0 bridgehead atoms. The van der Waals surface area contributed by atoms with E-state index in [-0.39, 0.29) is 24.3 Å². The first-order valence-corrected chi connectivity index (χ1v) is 8.33. The van der Waals surface area contributed by atoms with E-state index in [1.54, 1.807) is 4.90 Å². The average molecular weight is 379 g/mol. The third-order valence-corrected chi connectivity index (χ3v) is 4.17. The summed E-state index contributed by atoms with van der Waals surface area (Å²) in [6.07, 6.45) is -3.67. The average Bonchev–Trinajstić information content (AvgIpc) is 3.15. The van der Waals surface area contributed by atoms with Gasteiger partial charge in [-0.2, -0.15) is 27.8 Å². The minimum Gasteiger partial charge on any atom is -0.491 e. The van der Waals surface area contributed by atoms with E-state index in [0.717, 1.165) is 6.07 Å². The van der Waals surface area contributed by atoms with Crippen LogP contribution in [0.3, 0.4) is 0 Å². The van der Waals surface area contributed by atoms with Crippen LogP contribution in [0.4, 0.5) is 19.0 Å². The number of anilines is 1. The fourth-order valence-electron chi connectivity index (χ4n) is 2.90. The maximum absolute atomic E-state index is 13.2. The van der Waals surface area contributed by atoms with Crippen molar-refractivity contribution in [2.24, 2.45) is 0 Å². The molecule has 0 N–H and O–H groups in total. The zero-order chi connectivity index (χ0) is 18.9. The highest BCUT2D eigenvalue weighted by Gasteiger charge is 2.35. The van der Waals surface area contributed by atoms with Gasteiger partial charge in [0.2, 0.25) is 0 Å². The van der Waals surface area contributed by atoms with Crippen LogP contribution in [0.2, 0.25) is 0 Å². The second kappa shape index (κ2) is 7.03. The third-order valence-electron chi connectivity index (χ3n) is 4.17. The number of halogens is 3. The lowest BCUT2D eigenvalue weighted by atomic mass is 10.2. The predicted molar refractivity (Wildman–Crippen MR) is 89.7 cm³/mol. The maximum Gasteiger partial charge on any atom is 0.433 e. The molecule has 3 aromatic rings. The molecule has 0 saturated carbocycles. The number of rotatable bonds is 4. The number of hydrogen-bond donors (Lipinski definition) is 0. The van der Waals surface area contributed by atoms with E-state index in [9.17, 15) is 13.2 Å². The van der Waals surface area contributed by atoms with Crippen LogP contribution in [-0.2, 0) is 10.9 Å². The molecule has 10 heteroatoms. The topological polar surface area (TPSA) is 64.8 Å². The zero-order valence-corrected chi connectivity index (χ0v) is 14.1. The van der Waals surface area contributed by atoms with E-state index >= 15 is 0 Å². The molecule has 0 spiro atoms. The standard InChI is InChI=1S/C17H16F3N5O2/c18-17(19,20)14-8-15(25-16(23-14)21-11-22-25)24-6-7-26-13(9-24)10-27-12-4-2-1-3-5-12/h1-5,8,11,13H,6-7,9-10H2. The van der Waals surface area contributed by atoms with Gasteiger partial charge in [0, 0.05) is 19.2 Å². The summed E-state index contributed by atoms with van der Waals surface area (Å²) in [4.78, 5) is 9.12. The fourth-order valence-corrected chi connectivity index (χ4v) is 2.90. The summed E-state index contributed by atoms with van der Waals surface area (Å²) in [7, 11) is 0. The van der Waals surface area contributed by atoms with Gasteiger partial charge in [0.05, 0.1) is 6.61 Å². The van der Waals surface area contributed by atoms with Crippen molar-refractivity contribution in [3.8, 4) is 5.75 Å². The largest absolute Gasteiger partial charge is 0.491 e. The molecule has 1 aliphatic heterocycles. The summed E-state index contributed by atoms with van der Waals surface area (Å²) in [5.41, 5.74) is -0.999. The van der Waals surface area contributed by atoms with E-state index in [1.807, 2.05) is 30.3 Å². The molecular formula is C17H16F3N5O2. The smallest absolute Gasteiger partial charge is 0.433 e. The van der Waals surface area contributed by atoms with E-state index in [2.05, 4.69) is 15.1 Å². The molecule has 1 atom stereocenters. The number of fused-ring (bicyclic) bond motifs is 1. The summed E-state index contributed by atoms with van der Waals surface area (Å²) in [6.45, 7) is 1.45. The molecule has 0 amide bonds. The first kappa shape index (κ1) is 17.5. The van der Waals surface area contributed by atoms with Gasteiger partial charge in [-0.15, -0.1) is 0 Å². The van der Waals surface area contributed by atoms with Crippen LogP contribution in [0.1, 0.15) is 5.69 Å². The third kappa shape index (κ3) is 3.80. The van der Waals surface area contributed by atoms with Gasteiger partial charge in [0.1, 0.15) is 30.6 Å². The van der Waals surface area contributed by atoms with Crippen molar-refractivity contribution in [1.29, 1.82) is 0 Å². The lowest BCUT2D eigenvalue weighted by Crippen LogP contribution is -2.46. The monoisotopic (exact) mass is 379 g/mol. The Labute approximate surface area is 152 Å². The minimum atomic E-state index is -4.56. The highest BCUT2D eigenvalue weighted by atomic mass is 19.4. The van der Waals surface area contributed by atoms with Crippen LogP contribution in [0, 0.1) is 0 Å². The fraction of sp³-hybridized carbons (Fsp3) is 0.353. The number of benzene rings is 1. The lowest BCUT2D eigenvalue weighted by molar-refractivity contribution is -0.141. The van der Waals surface area contributed by atoms with Gasteiger partial charge in [0.15, 0.2) is 5.69 Å². The Morgan fingerprint density at radius 3 is 2.81 bits per heavy atom. The Balaban J connectivity index is 1.55. The summed E-state index contributed by atoms with van der Waals surface area (Å²) in [5.74, 6) is 0.890. The van der Waals surface area contributed by atoms with Crippen molar-refractivity contribution in [3.05, 3.63) is 48.4 Å². The van der Waals surface area contributed by atoms with Crippen LogP contribution in [-0.4, -0.2) is 52.0 Å². The van der Waals surface area contributed by atoms with Crippen molar-refractivity contribution in [1.82, 2.24) is 19.6 Å².